The standard InChI is InChI=1S/C69H137NO5/c1-3-5-7-9-11-13-15-16-17-18-19-26-29-32-35-38-42-45-49-53-57-61-67(72)66(65-71)70-68(73)62-58-54-50-46-43-39-36-33-30-27-24-22-20-21-23-25-28-31-34-37-40-44-48-52-56-60-64-75-69(74)63-59-55-51-47-41-14-12-10-8-6-4-2/h66-67,71-72H,3-65H2,1-2H3,(H,70,73). The van der Waals surface area contributed by atoms with Crippen LogP contribution in [0.3, 0.4) is 0 Å². The fourth-order valence-corrected chi connectivity index (χ4v) is 11.4. The van der Waals surface area contributed by atoms with Gasteiger partial charge in [0.2, 0.25) is 5.91 Å². The first-order valence-corrected chi connectivity index (χ1v) is 34.8. The van der Waals surface area contributed by atoms with Gasteiger partial charge in [-0.2, -0.15) is 0 Å². The molecule has 6 nitrogen and oxygen atoms in total. The lowest BCUT2D eigenvalue weighted by Gasteiger charge is -2.22. The molecule has 0 heterocycles. The first-order chi connectivity index (χ1) is 37.0. The fourth-order valence-electron chi connectivity index (χ4n) is 11.4. The third-order valence-corrected chi connectivity index (χ3v) is 16.7. The second-order valence-electron chi connectivity index (χ2n) is 24.2. The molecule has 2 atom stereocenters. The number of hydrogen-bond donors (Lipinski definition) is 3. The minimum atomic E-state index is -0.662. The van der Waals surface area contributed by atoms with Crippen molar-refractivity contribution in [2.45, 2.75) is 418 Å². The second-order valence-corrected chi connectivity index (χ2v) is 24.2. The number of nitrogens with one attached hydrogen (secondary N) is 1. The van der Waals surface area contributed by atoms with E-state index in [0.29, 0.717) is 25.9 Å². The van der Waals surface area contributed by atoms with E-state index in [1.54, 1.807) is 0 Å². The van der Waals surface area contributed by atoms with Crippen LogP contribution in [0.4, 0.5) is 0 Å². The van der Waals surface area contributed by atoms with Crippen LogP contribution >= 0.6 is 0 Å². The third kappa shape index (κ3) is 61.9. The summed E-state index contributed by atoms with van der Waals surface area (Å²) in [6, 6.07) is -0.539. The Bertz CT molecular complexity index is 1080. The molecule has 0 radical (unpaired) electrons. The van der Waals surface area contributed by atoms with Crippen molar-refractivity contribution < 1.29 is 24.5 Å². The highest BCUT2D eigenvalue weighted by molar-refractivity contribution is 5.76. The smallest absolute Gasteiger partial charge is 0.305 e. The average molecular weight is 1060 g/mol. The van der Waals surface area contributed by atoms with Gasteiger partial charge in [0.15, 0.2) is 0 Å². The molecule has 0 spiro atoms. The zero-order valence-electron chi connectivity index (χ0n) is 51.3. The topological polar surface area (TPSA) is 95.9 Å². The van der Waals surface area contributed by atoms with Crippen LogP contribution in [0.1, 0.15) is 406 Å². The summed E-state index contributed by atoms with van der Waals surface area (Å²) in [6.07, 6.45) is 78.6. The fraction of sp³-hybridized carbons (Fsp3) is 0.971. The number of aliphatic hydroxyl groups excluding tert-OH is 2. The van der Waals surface area contributed by atoms with E-state index in [4.69, 9.17) is 4.74 Å². The minimum Gasteiger partial charge on any atom is -0.466 e. The molecule has 0 aliphatic rings. The van der Waals surface area contributed by atoms with Gasteiger partial charge < -0.3 is 20.3 Å². The Balaban J connectivity index is 3.35. The van der Waals surface area contributed by atoms with Gasteiger partial charge in [-0.1, -0.05) is 367 Å². The molecule has 0 saturated heterocycles. The zero-order chi connectivity index (χ0) is 54.3. The minimum absolute atomic E-state index is 0.0182. The SMILES string of the molecule is CCCCCCCCCCCCCCCCCCCCCCCC(O)C(CO)NC(=O)CCCCCCCCCCCCCCCCCCCCCCCCCCCCOC(=O)CCCCCCCCCCCCC. The first kappa shape index (κ1) is 73.9. The summed E-state index contributed by atoms with van der Waals surface area (Å²) < 4.78 is 5.48. The van der Waals surface area contributed by atoms with E-state index in [1.807, 2.05) is 0 Å². The molecule has 0 aromatic carbocycles. The average Bonchev–Trinajstić information content (AvgIpc) is 3.41. The van der Waals surface area contributed by atoms with E-state index in [2.05, 4.69) is 19.2 Å². The highest BCUT2D eigenvalue weighted by Crippen LogP contribution is 2.19. The van der Waals surface area contributed by atoms with E-state index in [-0.39, 0.29) is 18.5 Å². The zero-order valence-corrected chi connectivity index (χ0v) is 51.3. The first-order valence-electron chi connectivity index (χ1n) is 34.8. The predicted octanol–water partition coefficient (Wildman–Crippen LogP) is 22.2. The lowest BCUT2D eigenvalue weighted by atomic mass is 10.0. The van der Waals surface area contributed by atoms with Gasteiger partial charge in [0.05, 0.1) is 25.4 Å². The maximum atomic E-state index is 12.5. The van der Waals surface area contributed by atoms with Gasteiger partial charge in [-0.05, 0) is 25.7 Å². The van der Waals surface area contributed by atoms with Crippen molar-refractivity contribution >= 4 is 11.9 Å². The van der Waals surface area contributed by atoms with Gasteiger partial charge in [-0.3, -0.25) is 9.59 Å². The van der Waals surface area contributed by atoms with E-state index in [1.165, 1.54) is 334 Å². The predicted molar refractivity (Wildman–Crippen MR) is 329 cm³/mol. The quantitative estimate of drug-likeness (QED) is 0.0417. The molecule has 0 aromatic rings. The molecular formula is C69H137NO5. The van der Waals surface area contributed by atoms with Crippen molar-refractivity contribution in [3.8, 4) is 0 Å². The normalized spacial score (nSPS) is 12.4. The molecule has 448 valence electrons. The Hall–Kier alpha value is -1.14. The largest absolute Gasteiger partial charge is 0.466 e. The van der Waals surface area contributed by atoms with Crippen molar-refractivity contribution in [3.05, 3.63) is 0 Å². The molecule has 0 aliphatic carbocycles. The Kier molecular flexibility index (Phi) is 64.4. The number of esters is 1. The van der Waals surface area contributed by atoms with Crippen LogP contribution in [-0.4, -0.2) is 47.4 Å². The lowest BCUT2D eigenvalue weighted by Crippen LogP contribution is -2.45. The summed E-state index contributed by atoms with van der Waals surface area (Å²) in [5.41, 5.74) is 0. The van der Waals surface area contributed by atoms with Gasteiger partial charge in [-0.25, -0.2) is 0 Å². The monoisotopic (exact) mass is 1060 g/mol. The maximum absolute atomic E-state index is 12.5. The highest BCUT2D eigenvalue weighted by Gasteiger charge is 2.20. The van der Waals surface area contributed by atoms with Gasteiger partial charge in [0.1, 0.15) is 0 Å². The highest BCUT2D eigenvalue weighted by atomic mass is 16.5. The number of unbranched alkanes of at least 4 members (excludes halogenated alkanes) is 55. The van der Waals surface area contributed by atoms with Crippen LogP contribution in [0.25, 0.3) is 0 Å². The Morgan fingerprint density at radius 1 is 0.320 bits per heavy atom. The number of carbonyl (C=O) groups excluding carboxylic acids is 2. The van der Waals surface area contributed by atoms with Crippen molar-refractivity contribution in [1.82, 2.24) is 5.32 Å². The van der Waals surface area contributed by atoms with Crippen LogP contribution in [0.2, 0.25) is 0 Å². The van der Waals surface area contributed by atoms with Crippen molar-refractivity contribution in [2.24, 2.45) is 0 Å². The Labute approximate surface area is 470 Å². The van der Waals surface area contributed by atoms with Crippen molar-refractivity contribution in [2.75, 3.05) is 13.2 Å². The van der Waals surface area contributed by atoms with Crippen LogP contribution in [0.15, 0.2) is 0 Å². The molecular weight excluding hydrogens is 923 g/mol. The van der Waals surface area contributed by atoms with Gasteiger partial charge in [-0.15, -0.1) is 0 Å². The molecule has 3 N–H and O–H groups in total. The molecule has 0 aromatic heterocycles. The summed E-state index contributed by atoms with van der Waals surface area (Å²) >= 11 is 0. The van der Waals surface area contributed by atoms with E-state index >= 15 is 0 Å². The van der Waals surface area contributed by atoms with Crippen LogP contribution in [0.5, 0.6) is 0 Å². The van der Waals surface area contributed by atoms with Gasteiger partial charge in [0.25, 0.3) is 0 Å². The molecule has 0 saturated carbocycles. The van der Waals surface area contributed by atoms with Gasteiger partial charge >= 0.3 is 5.97 Å². The number of hydrogen-bond acceptors (Lipinski definition) is 5. The Morgan fingerprint density at radius 2 is 0.547 bits per heavy atom. The summed E-state index contributed by atoms with van der Waals surface area (Å²) in [5, 5.41) is 23.4. The molecule has 1 amide bonds. The summed E-state index contributed by atoms with van der Waals surface area (Å²) in [7, 11) is 0. The number of aliphatic hydroxyl groups is 2. The van der Waals surface area contributed by atoms with Crippen molar-refractivity contribution in [3.63, 3.8) is 0 Å². The van der Waals surface area contributed by atoms with E-state index in [0.717, 1.165) is 38.5 Å². The third-order valence-electron chi connectivity index (χ3n) is 16.7. The molecule has 0 aliphatic heterocycles. The molecule has 0 fully saturated rings. The van der Waals surface area contributed by atoms with Gasteiger partial charge in [0, 0.05) is 12.8 Å². The molecule has 0 rings (SSSR count). The van der Waals surface area contributed by atoms with Crippen LogP contribution in [-0.2, 0) is 14.3 Å². The second kappa shape index (κ2) is 65.4. The number of ether oxygens (including phenoxy) is 1. The number of rotatable bonds is 66. The summed E-state index contributed by atoms with van der Waals surface area (Å²) in [5.74, 6) is -0.00913. The van der Waals surface area contributed by atoms with E-state index < -0.39 is 12.1 Å². The number of amides is 1. The van der Waals surface area contributed by atoms with Crippen LogP contribution in [0, 0.1) is 0 Å². The number of carbonyl (C=O) groups is 2. The maximum Gasteiger partial charge on any atom is 0.305 e. The summed E-state index contributed by atoms with van der Waals surface area (Å²) in [6.45, 7) is 5.00. The van der Waals surface area contributed by atoms with Crippen LogP contribution < -0.4 is 5.32 Å². The molecule has 6 heteroatoms. The summed E-state index contributed by atoms with van der Waals surface area (Å²) in [4.78, 5) is 24.6. The lowest BCUT2D eigenvalue weighted by molar-refractivity contribution is -0.143. The Morgan fingerprint density at radius 3 is 0.813 bits per heavy atom. The van der Waals surface area contributed by atoms with E-state index in [9.17, 15) is 19.8 Å². The molecule has 2 unspecified atom stereocenters. The van der Waals surface area contributed by atoms with Crippen molar-refractivity contribution in [1.29, 1.82) is 0 Å². The molecule has 75 heavy (non-hydrogen) atoms. The molecule has 0 bridgehead atoms.